The number of benzene rings is 1. The first-order chi connectivity index (χ1) is 11.3. The number of rotatable bonds is 6. The maximum absolute atomic E-state index is 12.1. The summed E-state index contributed by atoms with van der Waals surface area (Å²) in [5, 5.41) is 9.14. The molecule has 0 bridgehead atoms. The third-order valence-electron chi connectivity index (χ3n) is 4.73. The summed E-state index contributed by atoms with van der Waals surface area (Å²) < 4.78 is 5.85. The highest BCUT2D eigenvalue weighted by atomic mass is 16.5. The topological polar surface area (TPSA) is 49.8 Å². The van der Waals surface area contributed by atoms with Crippen LogP contribution < -0.4 is 4.74 Å². The number of ether oxygens (including phenoxy) is 1. The first kappa shape index (κ1) is 18.8. The normalized spacial score (nSPS) is 18.0. The summed E-state index contributed by atoms with van der Waals surface area (Å²) in [6.07, 6.45) is 2.15. The molecule has 4 heteroatoms. The van der Waals surface area contributed by atoms with E-state index in [-0.39, 0.29) is 23.8 Å². The van der Waals surface area contributed by atoms with Crippen molar-refractivity contribution in [2.24, 2.45) is 5.92 Å². The summed E-state index contributed by atoms with van der Waals surface area (Å²) in [4.78, 5) is 14.0. The minimum atomic E-state index is 0.137. The van der Waals surface area contributed by atoms with Crippen molar-refractivity contribution in [2.45, 2.75) is 52.4 Å². The molecular weight excluding hydrogens is 302 g/mol. The number of aliphatic hydroxyl groups is 1. The van der Waals surface area contributed by atoms with Gasteiger partial charge in [0.2, 0.25) is 5.91 Å². The van der Waals surface area contributed by atoms with Crippen LogP contribution in [0, 0.1) is 12.8 Å². The molecule has 2 rings (SSSR count). The molecule has 1 unspecified atom stereocenters. The lowest BCUT2D eigenvalue weighted by molar-refractivity contribution is -0.130. The van der Waals surface area contributed by atoms with Crippen LogP contribution in [0.5, 0.6) is 5.75 Å². The molecule has 1 aliphatic heterocycles. The SMILES string of the molecule is Cc1cc(C(C)(C)C)ccc1OCCCC(=O)N1CCC(CO)C1. The molecule has 1 fully saturated rings. The Balaban J connectivity index is 1.75. The summed E-state index contributed by atoms with van der Waals surface area (Å²) in [5.41, 5.74) is 2.58. The Hall–Kier alpha value is -1.55. The van der Waals surface area contributed by atoms with Crippen molar-refractivity contribution in [3.8, 4) is 5.75 Å². The van der Waals surface area contributed by atoms with Crippen LogP contribution in [0.15, 0.2) is 18.2 Å². The molecular formula is C20H31NO3. The van der Waals surface area contributed by atoms with Crippen LogP contribution in [0.3, 0.4) is 0 Å². The number of hydrogen-bond donors (Lipinski definition) is 1. The van der Waals surface area contributed by atoms with Gasteiger partial charge in [0.25, 0.3) is 0 Å². The van der Waals surface area contributed by atoms with E-state index < -0.39 is 0 Å². The van der Waals surface area contributed by atoms with E-state index in [9.17, 15) is 4.79 Å². The maximum atomic E-state index is 12.1. The predicted octanol–water partition coefficient (Wildman–Crippen LogP) is 3.29. The Morgan fingerprint density at radius 3 is 2.71 bits per heavy atom. The van der Waals surface area contributed by atoms with Crippen LogP contribution in [0.4, 0.5) is 0 Å². The molecule has 0 radical (unpaired) electrons. The van der Waals surface area contributed by atoms with E-state index in [1.165, 1.54) is 5.56 Å². The minimum absolute atomic E-state index is 0.137. The second kappa shape index (κ2) is 8.02. The van der Waals surface area contributed by atoms with Crippen LogP contribution in [0.2, 0.25) is 0 Å². The second-order valence-corrected chi connectivity index (χ2v) is 7.86. The molecule has 0 aliphatic carbocycles. The van der Waals surface area contributed by atoms with Gasteiger partial charge in [-0.15, -0.1) is 0 Å². The van der Waals surface area contributed by atoms with Crippen LogP contribution in [0.1, 0.15) is 51.2 Å². The highest BCUT2D eigenvalue weighted by Crippen LogP contribution is 2.27. The van der Waals surface area contributed by atoms with Gasteiger partial charge in [0, 0.05) is 32.0 Å². The first-order valence-corrected chi connectivity index (χ1v) is 8.94. The van der Waals surface area contributed by atoms with E-state index in [2.05, 4.69) is 39.8 Å². The van der Waals surface area contributed by atoms with Crippen molar-refractivity contribution in [3.05, 3.63) is 29.3 Å². The van der Waals surface area contributed by atoms with Crippen molar-refractivity contribution in [1.82, 2.24) is 4.90 Å². The van der Waals surface area contributed by atoms with Crippen LogP contribution in [-0.4, -0.2) is 42.2 Å². The molecule has 24 heavy (non-hydrogen) atoms. The zero-order valence-electron chi connectivity index (χ0n) is 15.5. The molecule has 1 aromatic rings. The Kier molecular flexibility index (Phi) is 6.27. The molecule has 1 heterocycles. The lowest BCUT2D eigenvalue weighted by atomic mass is 9.86. The van der Waals surface area contributed by atoms with Crippen molar-refractivity contribution < 1.29 is 14.6 Å². The van der Waals surface area contributed by atoms with Gasteiger partial charge in [-0.1, -0.05) is 32.9 Å². The smallest absolute Gasteiger partial charge is 0.222 e. The fourth-order valence-electron chi connectivity index (χ4n) is 3.05. The number of aryl methyl sites for hydroxylation is 1. The van der Waals surface area contributed by atoms with Gasteiger partial charge in [0.15, 0.2) is 0 Å². The predicted molar refractivity (Wildman–Crippen MR) is 96.4 cm³/mol. The molecule has 1 saturated heterocycles. The van der Waals surface area contributed by atoms with Gasteiger partial charge >= 0.3 is 0 Å². The van der Waals surface area contributed by atoms with E-state index in [1.807, 2.05) is 11.0 Å². The molecule has 1 amide bonds. The molecule has 1 aliphatic rings. The summed E-state index contributed by atoms with van der Waals surface area (Å²) in [6.45, 7) is 10.9. The number of carbonyl (C=O) groups excluding carboxylic acids is 1. The van der Waals surface area contributed by atoms with E-state index >= 15 is 0 Å². The Bertz CT molecular complexity index is 562. The summed E-state index contributed by atoms with van der Waals surface area (Å²) in [6, 6.07) is 6.33. The molecule has 4 nitrogen and oxygen atoms in total. The number of carbonyl (C=O) groups is 1. The molecule has 0 spiro atoms. The van der Waals surface area contributed by atoms with E-state index in [4.69, 9.17) is 9.84 Å². The first-order valence-electron chi connectivity index (χ1n) is 8.94. The summed E-state index contributed by atoms with van der Waals surface area (Å²) in [5.74, 6) is 1.33. The number of aliphatic hydroxyl groups excluding tert-OH is 1. The Morgan fingerprint density at radius 2 is 2.12 bits per heavy atom. The van der Waals surface area contributed by atoms with Gasteiger partial charge in [-0.05, 0) is 42.4 Å². The largest absolute Gasteiger partial charge is 0.493 e. The standard InChI is InChI=1S/C20H31NO3/c1-15-12-17(20(2,3)4)7-8-18(15)24-11-5-6-19(23)21-10-9-16(13-21)14-22/h7-8,12,16,22H,5-6,9-11,13-14H2,1-4H3. The number of nitrogens with zero attached hydrogens (tertiary/aromatic N) is 1. The fourth-order valence-corrected chi connectivity index (χ4v) is 3.05. The summed E-state index contributed by atoms with van der Waals surface area (Å²) >= 11 is 0. The Labute approximate surface area is 145 Å². The van der Waals surface area contributed by atoms with Crippen molar-refractivity contribution in [3.63, 3.8) is 0 Å². The van der Waals surface area contributed by atoms with Crippen molar-refractivity contribution in [1.29, 1.82) is 0 Å². The van der Waals surface area contributed by atoms with Gasteiger partial charge in [0.05, 0.1) is 6.61 Å². The van der Waals surface area contributed by atoms with Crippen molar-refractivity contribution >= 4 is 5.91 Å². The molecule has 0 saturated carbocycles. The van der Waals surface area contributed by atoms with Gasteiger partial charge in [-0.3, -0.25) is 4.79 Å². The van der Waals surface area contributed by atoms with Crippen molar-refractivity contribution in [2.75, 3.05) is 26.3 Å². The number of amides is 1. The highest BCUT2D eigenvalue weighted by molar-refractivity contribution is 5.76. The van der Waals surface area contributed by atoms with Crippen LogP contribution >= 0.6 is 0 Å². The molecule has 0 aromatic heterocycles. The quantitative estimate of drug-likeness (QED) is 0.813. The monoisotopic (exact) mass is 333 g/mol. The van der Waals surface area contributed by atoms with E-state index in [1.54, 1.807) is 0 Å². The number of likely N-dealkylation sites (tertiary alicyclic amines) is 1. The van der Waals surface area contributed by atoms with Gasteiger partial charge in [0.1, 0.15) is 5.75 Å². The van der Waals surface area contributed by atoms with Gasteiger partial charge in [-0.25, -0.2) is 0 Å². The third-order valence-corrected chi connectivity index (χ3v) is 4.73. The average molecular weight is 333 g/mol. The molecule has 1 N–H and O–H groups in total. The van der Waals surface area contributed by atoms with Crippen LogP contribution in [-0.2, 0) is 10.2 Å². The van der Waals surface area contributed by atoms with E-state index in [0.717, 1.165) is 30.7 Å². The zero-order valence-corrected chi connectivity index (χ0v) is 15.5. The lowest BCUT2D eigenvalue weighted by Gasteiger charge is -2.20. The minimum Gasteiger partial charge on any atom is -0.493 e. The molecule has 1 atom stereocenters. The van der Waals surface area contributed by atoms with Gasteiger partial charge in [-0.2, -0.15) is 0 Å². The Morgan fingerprint density at radius 1 is 1.38 bits per heavy atom. The van der Waals surface area contributed by atoms with Gasteiger partial charge < -0.3 is 14.7 Å². The maximum Gasteiger partial charge on any atom is 0.222 e. The second-order valence-electron chi connectivity index (χ2n) is 7.86. The third kappa shape index (κ3) is 4.97. The highest BCUT2D eigenvalue weighted by Gasteiger charge is 2.25. The van der Waals surface area contributed by atoms with E-state index in [0.29, 0.717) is 19.6 Å². The summed E-state index contributed by atoms with van der Waals surface area (Å²) in [7, 11) is 0. The molecule has 134 valence electrons. The molecule has 1 aromatic carbocycles. The fraction of sp³-hybridized carbons (Fsp3) is 0.650. The lowest BCUT2D eigenvalue weighted by Crippen LogP contribution is -2.29. The number of hydrogen-bond acceptors (Lipinski definition) is 3. The van der Waals surface area contributed by atoms with Crippen LogP contribution in [0.25, 0.3) is 0 Å². The average Bonchev–Trinajstić information content (AvgIpc) is 3.00. The zero-order chi connectivity index (χ0) is 17.7.